The van der Waals surface area contributed by atoms with E-state index in [1.54, 1.807) is 0 Å². The fraction of sp³-hybridized carbons (Fsp3) is 0.375. The molecule has 0 aromatic carbocycles. The average Bonchev–Trinajstić information content (AvgIpc) is 2.09. The van der Waals surface area contributed by atoms with Gasteiger partial charge in [0.25, 0.3) is 0 Å². The van der Waals surface area contributed by atoms with Crippen LogP contribution in [0.3, 0.4) is 0 Å². The molecule has 1 rings (SSSR count). The molecule has 4 N–H and O–H groups in total. The molecule has 0 saturated carbocycles. The summed E-state index contributed by atoms with van der Waals surface area (Å²) in [5.41, 5.74) is 5.61. The Hall–Kier alpha value is -1.36. The number of anilines is 2. The molecule has 0 fully saturated rings. The van der Waals surface area contributed by atoms with Crippen molar-refractivity contribution in [2.45, 2.75) is 6.42 Å². The normalized spacial score (nSPS) is 10.0. The first-order valence-corrected chi connectivity index (χ1v) is 4.00. The quantitative estimate of drug-likeness (QED) is 0.600. The molecule has 5 heteroatoms. The van der Waals surface area contributed by atoms with Gasteiger partial charge >= 0.3 is 0 Å². The summed E-state index contributed by atoms with van der Waals surface area (Å²) in [6, 6.07) is 1.20. The van der Waals surface area contributed by atoms with E-state index in [1.807, 2.05) is 0 Å². The maximum absolute atomic E-state index is 13.0. The lowest BCUT2D eigenvalue weighted by Gasteiger charge is -2.05. The number of nitrogens with two attached hydrogens (primary N) is 1. The van der Waals surface area contributed by atoms with Gasteiger partial charge in [-0.2, -0.15) is 0 Å². The Morgan fingerprint density at radius 1 is 1.62 bits per heavy atom. The molecule has 1 aromatic rings. The van der Waals surface area contributed by atoms with Crippen LogP contribution in [0.15, 0.2) is 12.3 Å². The van der Waals surface area contributed by atoms with Crippen LogP contribution in [0.5, 0.6) is 0 Å². The van der Waals surface area contributed by atoms with Crippen LogP contribution in [0.1, 0.15) is 6.42 Å². The van der Waals surface area contributed by atoms with Gasteiger partial charge in [-0.05, 0) is 6.42 Å². The molecular formula is C8H12FN3O. The van der Waals surface area contributed by atoms with Gasteiger partial charge in [-0.25, -0.2) is 9.37 Å². The number of halogens is 1. The van der Waals surface area contributed by atoms with Crippen molar-refractivity contribution in [2.24, 2.45) is 0 Å². The van der Waals surface area contributed by atoms with Crippen molar-refractivity contribution in [3.05, 3.63) is 18.1 Å². The minimum absolute atomic E-state index is 0.0730. The van der Waals surface area contributed by atoms with E-state index in [4.69, 9.17) is 10.8 Å². The van der Waals surface area contributed by atoms with Crippen molar-refractivity contribution in [1.82, 2.24) is 4.98 Å². The molecule has 13 heavy (non-hydrogen) atoms. The molecule has 0 radical (unpaired) electrons. The summed E-state index contributed by atoms with van der Waals surface area (Å²) in [5.74, 6) is -0.305. The van der Waals surface area contributed by atoms with Crippen molar-refractivity contribution < 1.29 is 9.50 Å². The number of aliphatic hydroxyl groups excluding tert-OH is 1. The number of nitrogens with zero attached hydrogens (tertiary/aromatic N) is 1. The highest BCUT2D eigenvalue weighted by Gasteiger charge is 2.02. The van der Waals surface area contributed by atoms with Crippen LogP contribution in [0.25, 0.3) is 0 Å². The Bertz CT molecular complexity index is 280. The highest BCUT2D eigenvalue weighted by molar-refractivity contribution is 5.45. The van der Waals surface area contributed by atoms with E-state index in [-0.39, 0.29) is 12.4 Å². The third-order valence-electron chi connectivity index (χ3n) is 1.49. The zero-order chi connectivity index (χ0) is 9.68. The van der Waals surface area contributed by atoms with Crippen LogP contribution in [0, 0.1) is 5.82 Å². The van der Waals surface area contributed by atoms with Crippen molar-refractivity contribution in [3.8, 4) is 0 Å². The van der Waals surface area contributed by atoms with Gasteiger partial charge in [0.15, 0.2) is 11.6 Å². The third-order valence-corrected chi connectivity index (χ3v) is 1.49. The Morgan fingerprint density at radius 3 is 3.00 bits per heavy atom. The molecule has 72 valence electrons. The number of hydrogen-bond donors (Lipinski definition) is 3. The van der Waals surface area contributed by atoms with Gasteiger partial charge in [-0.1, -0.05) is 0 Å². The monoisotopic (exact) mass is 185 g/mol. The smallest absolute Gasteiger partial charge is 0.167 e. The van der Waals surface area contributed by atoms with Crippen LogP contribution in [-0.2, 0) is 0 Å². The van der Waals surface area contributed by atoms with E-state index in [1.165, 1.54) is 12.3 Å². The molecule has 0 bridgehead atoms. The van der Waals surface area contributed by atoms with E-state index in [2.05, 4.69) is 10.3 Å². The van der Waals surface area contributed by atoms with Gasteiger partial charge in [-0.15, -0.1) is 0 Å². The predicted molar refractivity (Wildman–Crippen MR) is 48.8 cm³/mol. The topological polar surface area (TPSA) is 71.2 Å². The van der Waals surface area contributed by atoms with Crippen LogP contribution >= 0.6 is 0 Å². The minimum Gasteiger partial charge on any atom is -0.397 e. The third kappa shape index (κ3) is 2.87. The van der Waals surface area contributed by atoms with Gasteiger partial charge in [-0.3, -0.25) is 0 Å². The van der Waals surface area contributed by atoms with Gasteiger partial charge in [0.05, 0.1) is 11.9 Å². The average molecular weight is 185 g/mol. The standard InChI is InChI=1S/C8H12FN3O/c9-7-4-6(10)5-12-8(7)11-2-1-3-13/h4-5,13H,1-3,10H2,(H,11,12). The van der Waals surface area contributed by atoms with Gasteiger partial charge in [0.2, 0.25) is 0 Å². The van der Waals surface area contributed by atoms with Crippen LogP contribution in [-0.4, -0.2) is 23.2 Å². The first-order chi connectivity index (χ1) is 6.24. The molecule has 1 aromatic heterocycles. The predicted octanol–water partition coefficient (Wildman–Crippen LogP) is 0.597. The molecule has 4 nitrogen and oxygen atoms in total. The Morgan fingerprint density at radius 2 is 2.38 bits per heavy atom. The first kappa shape index (κ1) is 9.73. The van der Waals surface area contributed by atoms with E-state index >= 15 is 0 Å². The summed E-state index contributed by atoms with van der Waals surface area (Å²) < 4.78 is 13.0. The molecule has 0 amide bonds. The van der Waals surface area contributed by atoms with Crippen LogP contribution in [0.4, 0.5) is 15.9 Å². The molecule has 0 aliphatic carbocycles. The number of nitrogens with one attached hydrogen (secondary N) is 1. The van der Waals surface area contributed by atoms with Crippen molar-refractivity contribution in [3.63, 3.8) is 0 Å². The summed E-state index contributed by atoms with van der Waals surface area (Å²) >= 11 is 0. The zero-order valence-corrected chi connectivity index (χ0v) is 7.13. The number of nitrogen functional groups attached to an aromatic ring is 1. The van der Waals surface area contributed by atoms with Crippen LogP contribution in [0.2, 0.25) is 0 Å². The van der Waals surface area contributed by atoms with E-state index < -0.39 is 5.82 Å². The summed E-state index contributed by atoms with van der Waals surface area (Å²) in [7, 11) is 0. The van der Waals surface area contributed by atoms with Gasteiger partial charge in [0, 0.05) is 19.2 Å². The van der Waals surface area contributed by atoms with Crippen molar-refractivity contribution >= 4 is 11.5 Å². The van der Waals surface area contributed by atoms with Crippen LogP contribution < -0.4 is 11.1 Å². The molecule has 0 atom stereocenters. The minimum atomic E-state index is -0.474. The highest BCUT2D eigenvalue weighted by Crippen LogP contribution is 2.12. The first-order valence-electron chi connectivity index (χ1n) is 4.00. The lowest BCUT2D eigenvalue weighted by molar-refractivity contribution is 0.292. The summed E-state index contributed by atoms with van der Waals surface area (Å²) in [4.78, 5) is 3.76. The molecule has 0 spiro atoms. The fourth-order valence-corrected chi connectivity index (χ4v) is 0.869. The summed E-state index contributed by atoms with van der Waals surface area (Å²) in [5, 5.41) is 11.2. The molecule has 0 saturated heterocycles. The number of hydrogen-bond acceptors (Lipinski definition) is 4. The largest absolute Gasteiger partial charge is 0.397 e. The lowest BCUT2D eigenvalue weighted by Crippen LogP contribution is -2.07. The Kier molecular flexibility index (Phi) is 3.45. The zero-order valence-electron chi connectivity index (χ0n) is 7.13. The van der Waals surface area contributed by atoms with Crippen molar-refractivity contribution in [2.75, 3.05) is 24.2 Å². The fourth-order valence-electron chi connectivity index (χ4n) is 0.869. The Balaban J connectivity index is 2.56. The number of pyridine rings is 1. The molecule has 1 heterocycles. The van der Waals surface area contributed by atoms with E-state index in [0.29, 0.717) is 18.7 Å². The molecule has 0 aliphatic heterocycles. The molecular weight excluding hydrogens is 173 g/mol. The van der Waals surface area contributed by atoms with Gasteiger partial charge < -0.3 is 16.2 Å². The lowest BCUT2D eigenvalue weighted by atomic mass is 10.4. The number of aromatic nitrogens is 1. The highest BCUT2D eigenvalue weighted by atomic mass is 19.1. The molecule has 0 aliphatic rings. The van der Waals surface area contributed by atoms with E-state index in [9.17, 15) is 4.39 Å². The second-order valence-electron chi connectivity index (χ2n) is 2.60. The maximum atomic E-state index is 13.0. The Labute approximate surface area is 75.6 Å². The number of aliphatic hydroxyl groups is 1. The summed E-state index contributed by atoms with van der Waals surface area (Å²) in [6.07, 6.45) is 1.94. The summed E-state index contributed by atoms with van der Waals surface area (Å²) in [6.45, 7) is 0.563. The van der Waals surface area contributed by atoms with Gasteiger partial charge in [0.1, 0.15) is 0 Å². The second-order valence-corrected chi connectivity index (χ2v) is 2.60. The SMILES string of the molecule is Nc1cnc(NCCCO)c(F)c1. The number of rotatable bonds is 4. The molecule has 0 unspecified atom stereocenters. The van der Waals surface area contributed by atoms with E-state index in [0.717, 1.165) is 0 Å². The maximum Gasteiger partial charge on any atom is 0.167 e. The van der Waals surface area contributed by atoms with Crippen molar-refractivity contribution in [1.29, 1.82) is 0 Å². The second kappa shape index (κ2) is 4.61.